The molecule has 1 heterocycles. The van der Waals surface area contributed by atoms with Gasteiger partial charge >= 0.3 is 11.9 Å². The van der Waals surface area contributed by atoms with Gasteiger partial charge in [-0.05, 0) is 57.4 Å². The molecule has 0 radical (unpaired) electrons. The second-order valence-corrected chi connectivity index (χ2v) is 18.3. The van der Waals surface area contributed by atoms with Crippen LogP contribution in [0.25, 0.3) is 0 Å². The summed E-state index contributed by atoms with van der Waals surface area (Å²) in [4.78, 5) is 126. The zero-order valence-corrected chi connectivity index (χ0v) is 42.2. The Hall–Kier alpha value is -7.10. The average molecular weight is 995 g/mol. The molecule has 1 aromatic carbocycles. The van der Waals surface area contributed by atoms with Gasteiger partial charge in [0.25, 0.3) is 5.91 Å². The van der Waals surface area contributed by atoms with E-state index < -0.39 is 120 Å². The number of carboxylic acid groups (broad SMARTS) is 2. The number of rotatable bonds is 15. The number of nitrogens with zero attached hydrogens (tertiary/aromatic N) is 2. The molecule has 71 heavy (non-hydrogen) atoms. The van der Waals surface area contributed by atoms with E-state index in [4.69, 9.17) is 16.2 Å². The molecule has 1 aliphatic rings. The summed E-state index contributed by atoms with van der Waals surface area (Å²) in [7, 11) is 2.82. The smallest absolute Gasteiger partial charge is 0.327 e. The van der Waals surface area contributed by atoms with E-state index in [9.17, 15) is 53.4 Å². The van der Waals surface area contributed by atoms with Gasteiger partial charge in [-0.3, -0.25) is 38.6 Å². The quantitative estimate of drug-likeness (QED) is 0.0379. The maximum Gasteiger partial charge on any atom is 0.327 e. The van der Waals surface area contributed by atoms with E-state index in [1.165, 1.54) is 33.9 Å². The third-order valence-corrected chi connectivity index (χ3v) is 12.0. The maximum absolute atomic E-state index is 14.4. The van der Waals surface area contributed by atoms with Crippen LogP contribution in [0.1, 0.15) is 86.1 Å². The van der Waals surface area contributed by atoms with Crippen molar-refractivity contribution in [1.29, 1.82) is 0 Å². The number of hydrogen-bond donors (Lipinski definition) is 10. The van der Waals surface area contributed by atoms with Gasteiger partial charge in [0.05, 0.1) is 24.0 Å². The molecule has 0 aromatic heterocycles. The summed E-state index contributed by atoms with van der Waals surface area (Å²) in [6, 6.07) is 0.998. The van der Waals surface area contributed by atoms with Gasteiger partial charge in [0.1, 0.15) is 35.9 Å². The summed E-state index contributed by atoms with van der Waals surface area (Å²) >= 11 is 0. The van der Waals surface area contributed by atoms with E-state index >= 15 is 0 Å². The normalized spacial score (nSPS) is 25.3. The first-order valence-electron chi connectivity index (χ1n) is 23.5. The third-order valence-electron chi connectivity index (χ3n) is 12.0. The molecule has 22 nitrogen and oxygen atoms in total. The van der Waals surface area contributed by atoms with Crippen LogP contribution in [0.3, 0.4) is 0 Å². The Balaban J connectivity index is 2.73. The van der Waals surface area contributed by atoms with Crippen LogP contribution in [-0.4, -0.2) is 137 Å². The number of allylic oxidation sites excluding steroid dienone is 2. The number of likely N-dealkylation sites (N-methyl/N-ethyl adjacent to an activating group) is 1. The number of ether oxygens (including phenoxy) is 1. The number of nitrogens with one attached hydrogen (secondary N) is 6. The van der Waals surface area contributed by atoms with Gasteiger partial charge in [0, 0.05) is 33.0 Å². The average Bonchev–Trinajstić information content (AvgIpc) is 3.31. The van der Waals surface area contributed by atoms with Gasteiger partial charge in [-0.1, -0.05) is 95.3 Å². The monoisotopic (exact) mass is 995 g/mol. The fourth-order valence-corrected chi connectivity index (χ4v) is 7.46. The van der Waals surface area contributed by atoms with Crippen LogP contribution in [-0.2, 0) is 54.3 Å². The lowest BCUT2D eigenvalue weighted by molar-refractivity contribution is -0.146. The summed E-state index contributed by atoms with van der Waals surface area (Å²) in [5.74, 6) is -12.6. The van der Waals surface area contributed by atoms with Gasteiger partial charge in [-0.15, -0.1) is 0 Å². The largest absolute Gasteiger partial charge is 0.480 e. The number of benzene rings is 1. The lowest BCUT2D eigenvalue weighted by atomic mass is 9.94. The molecule has 10 atom stereocenters. The molecule has 22 heteroatoms. The predicted octanol–water partition coefficient (Wildman–Crippen LogP) is 0.618. The van der Waals surface area contributed by atoms with Crippen LogP contribution < -0.4 is 43.4 Å². The first kappa shape index (κ1) is 60.0. The molecule has 0 saturated carbocycles. The Morgan fingerprint density at radius 3 is 2.03 bits per heavy atom. The van der Waals surface area contributed by atoms with Crippen LogP contribution in [0, 0.1) is 23.7 Å². The highest BCUT2D eigenvalue weighted by atomic mass is 16.5. The van der Waals surface area contributed by atoms with Crippen molar-refractivity contribution in [3.05, 3.63) is 72.0 Å². The number of carbonyl (C=O) groups is 9. The Labute approximate surface area is 415 Å². The fraction of sp³-hybridized carbons (Fsp3) is 0.551. The lowest BCUT2D eigenvalue weighted by Gasteiger charge is -2.28. The number of nitrogens with two attached hydrogens (primary N) is 2. The first-order chi connectivity index (χ1) is 33.3. The van der Waals surface area contributed by atoms with Crippen molar-refractivity contribution in [2.75, 3.05) is 20.7 Å². The number of carboxylic acids is 2. The standard InChI is InChI=1S/C49H74N10O12/c1-26(2)23-37-46(66)58-40(48(69)70)30(6)42(62)55-35(17-14-22-52-49(50)51)45(65)54-34(19-18-27(3)24-28(4)38(71-10)25-33-15-12-11-13-16-33)29(5)41(61)56-36(47(67)68)20-21-39(60)59(9)32(8)44(64)53-31(7)43(63)57-37/h11-13,15-16,18-19,24,26,28-31,34-38,40H,8,14,17,20-23,25H2,1-7,9-10H3,(H,53,64)(H,54,65)(H,55,62)(H,56,61)(H,57,63)(H,58,66)(H,67,68)(H,69,70)(H4,50,51,52)/b19-18+,27-24+/t28-,29-,30-,31+,34-,35-,36+,37+,38-,40+/m0/s1. The minimum atomic E-state index is -1.88. The Morgan fingerprint density at radius 2 is 1.45 bits per heavy atom. The van der Waals surface area contributed by atoms with Crippen LogP contribution in [0.15, 0.2) is 71.4 Å². The molecule has 392 valence electrons. The fourth-order valence-electron chi connectivity index (χ4n) is 7.46. The molecular formula is C49H74N10O12. The van der Waals surface area contributed by atoms with E-state index in [-0.39, 0.29) is 49.7 Å². The van der Waals surface area contributed by atoms with Crippen molar-refractivity contribution < 1.29 is 58.1 Å². The highest BCUT2D eigenvalue weighted by molar-refractivity contribution is 6.00. The van der Waals surface area contributed by atoms with Crippen LogP contribution in [0.5, 0.6) is 0 Å². The van der Waals surface area contributed by atoms with Gasteiger partial charge in [0.2, 0.25) is 35.4 Å². The number of hydrogen-bond acceptors (Lipinski definition) is 11. The highest BCUT2D eigenvalue weighted by Gasteiger charge is 2.37. The Bertz CT molecular complexity index is 2160. The van der Waals surface area contributed by atoms with Crippen LogP contribution >= 0.6 is 0 Å². The number of amides is 7. The van der Waals surface area contributed by atoms with Crippen molar-refractivity contribution in [3.63, 3.8) is 0 Å². The van der Waals surface area contributed by atoms with Crippen LogP contribution in [0.4, 0.5) is 0 Å². The molecule has 0 spiro atoms. The van der Waals surface area contributed by atoms with Gasteiger partial charge < -0.3 is 63.2 Å². The van der Waals surface area contributed by atoms with Gasteiger partial charge in [0.15, 0.2) is 5.96 Å². The Kier molecular flexibility index (Phi) is 24.7. The van der Waals surface area contributed by atoms with E-state index in [2.05, 4.69) is 43.5 Å². The molecule has 2 rings (SSSR count). The van der Waals surface area contributed by atoms with E-state index in [1.54, 1.807) is 34.0 Å². The third kappa shape index (κ3) is 20.0. The highest BCUT2D eigenvalue weighted by Crippen LogP contribution is 2.19. The van der Waals surface area contributed by atoms with E-state index in [0.29, 0.717) is 12.0 Å². The summed E-state index contributed by atoms with van der Waals surface area (Å²) in [6.45, 7) is 14.9. The molecule has 1 aliphatic heterocycles. The van der Waals surface area contributed by atoms with E-state index in [0.717, 1.165) is 10.5 Å². The predicted molar refractivity (Wildman–Crippen MR) is 264 cm³/mol. The Morgan fingerprint density at radius 1 is 0.845 bits per heavy atom. The molecule has 12 N–H and O–H groups in total. The molecular weight excluding hydrogens is 921 g/mol. The maximum atomic E-state index is 14.4. The second kappa shape index (κ2) is 29.2. The molecule has 0 aliphatic carbocycles. The second-order valence-electron chi connectivity index (χ2n) is 18.3. The molecule has 7 amide bonds. The molecule has 1 aromatic rings. The summed E-state index contributed by atoms with van der Waals surface area (Å²) < 4.78 is 5.81. The molecule has 1 fully saturated rings. The van der Waals surface area contributed by atoms with E-state index in [1.807, 2.05) is 43.3 Å². The molecule has 0 bridgehead atoms. The van der Waals surface area contributed by atoms with Crippen molar-refractivity contribution in [3.8, 4) is 0 Å². The summed E-state index contributed by atoms with van der Waals surface area (Å²) in [6.07, 6.45) is 4.64. The minimum absolute atomic E-state index is 0.00610. The van der Waals surface area contributed by atoms with Crippen molar-refractivity contribution in [2.45, 2.75) is 129 Å². The van der Waals surface area contributed by atoms with Crippen molar-refractivity contribution in [2.24, 2.45) is 40.1 Å². The zero-order chi connectivity index (χ0) is 53.7. The van der Waals surface area contributed by atoms with Gasteiger partial charge in [-0.25, -0.2) is 9.59 Å². The first-order valence-corrected chi connectivity index (χ1v) is 23.5. The SMILES string of the molecule is C=C1C(=O)N[C@H](C)C(=O)N[C@H](CC(C)C)C(=O)N[C@@H](C(=O)O)[C@H](C)C(=O)N[C@@H](CCCN=C(N)N)C(=O)N[C@@H](/C=C/C(C)=C/[C@H](C)[C@H](Cc2ccccc2)OC)[C@H](C)C(=O)N[C@@H](C(=O)O)CCC(=O)N1C. The summed E-state index contributed by atoms with van der Waals surface area (Å²) in [5, 5.41) is 35.5. The zero-order valence-electron chi connectivity index (χ0n) is 42.2. The van der Waals surface area contributed by atoms with Crippen molar-refractivity contribution >= 4 is 59.2 Å². The number of aliphatic imine (C=N–C) groups is 1. The molecule has 0 unspecified atom stereocenters. The summed E-state index contributed by atoms with van der Waals surface area (Å²) in [5.41, 5.74) is 12.4. The minimum Gasteiger partial charge on any atom is -0.480 e. The number of methoxy groups -OCH3 is 1. The lowest BCUT2D eigenvalue weighted by Crippen LogP contribution is -2.59. The van der Waals surface area contributed by atoms with Crippen LogP contribution in [0.2, 0.25) is 0 Å². The van der Waals surface area contributed by atoms with Crippen molar-refractivity contribution in [1.82, 2.24) is 36.8 Å². The number of aliphatic carboxylic acids is 2. The number of carbonyl (C=O) groups excluding carboxylic acids is 7. The molecule has 1 saturated heterocycles. The number of guanidine groups is 1. The topological polar surface area (TPSA) is 343 Å². The van der Waals surface area contributed by atoms with Gasteiger partial charge in [-0.2, -0.15) is 0 Å².